The second-order valence-corrected chi connectivity index (χ2v) is 4.07. The third-order valence-corrected chi connectivity index (χ3v) is 2.55. The predicted molar refractivity (Wildman–Crippen MR) is 71.3 cm³/mol. The summed E-state index contributed by atoms with van der Waals surface area (Å²) in [5.74, 6) is 0.885. The summed E-state index contributed by atoms with van der Waals surface area (Å²) in [5.41, 5.74) is 1.73. The van der Waals surface area contributed by atoms with Gasteiger partial charge in [-0.15, -0.1) is 0 Å². The van der Waals surface area contributed by atoms with Crippen molar-refractivity contribution in [1.29, 1.82) is 0 Å². The van der Waals surface area contributed by atoms with Crippen molar-refractivity contribution in [3.63, 3.8) is 0 Å². The molecular weight excluding hydrogens is 228 g/mol. The summed E-state index contributed by atoms with van der Waals surface area (Å²) in [6.07, 6.45) is 3.68. The van der Waals surface area contributed by atoms with E-state index in [1.165, 1.54) is 6.92 Å². The number of aromatic nitrogens is 2. The molecule has 2 N–H and O–H groups in total. The molecule has 0 fully saturated rings. The van der Waals surface area contributed by atoms with Crippen LogP contribution in [0.25, 0.3) is 0 Å². The Bertz CT molecular complexity index is 547. The van der Waals surface area contributed by atoms with Crippen LogP contribution in [0.15, 0.2) is 36.7 Å². The SMILES string of the molecule is CC(=O)Nc1cccc(NCc2nccn2C)c1. The maximum Gasteiger partial charge on any atom is 0.221 e. The van der Waals surface area contributed by atoms with E-state index in [1.807, 2.05) is 42.1 Å². The maximum absolute atomic E-state index is 11.0. The Hall–Kier alpha value is -2.30. The number of hydrogen-bond donors (Lipinski definition) is 2. The summed E-state index contributed by atoms with van der Waals surface area (Å²) in [7, 11) is 1.96. The Kier molecular flexibility index (Phi) is 3.62. The van der Waals surface area contributed by atoms with Gasteiger partial charge in [0, 0.05) is 37.7 Å². The molecule has 1 aromatic carbocycles. The molecule has 5 nitrogen and oxygen atoms in total. The van der Waals surface area contributed by atoms with Gasteiger partial charge in [-0.3, -0.25) is 4.79 Å². The number of benzene rings is 1. The number of carbonyl (C=O) groups is 1. The van der Waals surface area contributed by atoms with Gasteiger partial charge in [0.1, 0.15) is 5.82 Å². The zero-order valence-electron chi connectivity index (χ0n) is 10.5. The number of imidazole rings is 1. The normalized spacial score (nSPS) is 10.1. The van der Waals surface area contributed by atoms with Gasteiger partial charge >= 0.3 is 0 Å². The highest BCUT2D eigenvalue weighted by atomic mass is 16.1. The topological polar surface area (TPSA) is 59.0 Å². The number of carbonyl (C=O) groups excluding carboxylic acids is 1. The minimum Gasteiger partial charge on any atom is -0.378 e. The second-order valence-electron chi connectivity index (χ2n) is 4.07. The fourth-order valence-electron chi connectivity index (χ4n) is 1.66. The van der Waals surface area contributed by atoms with Gasteiger partial charge in [-0.2, -0.15) is 0 Å². The van der Waals surface area contributed by atoms with Crippen LogP contribution in [0.2, 0.25) is 0 Å². The Morgan fingerprint density at radius 3 is 2.83 bits per heavy atom. The fourth-order valence-corrected chi connectivity index (χ4v) is 1.66. The highest BCUT2D eigenvalue weighted by Gasteiger charge is 2.00. The first-order chi connectivity index (χ1) is 8.65. The number of amides is 1. The Morgan fingerprint density at radius 1 is 1.39 bits per heavy atom. The lowest BCUT2D eigenvalue weighted by molar-refractivity contribution is -0.114. The zero-order valence-corrected chi connectivity index (χ0v) is 10.5. The van der Waals surface area contributed by atoms with Gasteiger partial charge in [-0.1, -0.05) is 6.07 Å². The van der Waals surface area contributed by atoms with E-state index in [0.29, 0.717) is 6.54 Å². The van der Waals surface area contributed by atoms with Crippen LogP contribution in [0.3, 0.4) is 0 Å². The molecule has 0 radical (unpaired) electrons. The molecule has 0 atom stereocenters. The number of aryl methyl sites for hydroxylation is 1. The molecule has 1 aromatic heterocycles. The molecule has 2 rings (SSSR count). The molecule has 1 amide bonds. The smallest absolute Gasteiger partial charge is 0.221 e. The molecule has 0 spiro atoms. The van der Waals surface area contributed by atoms with E-state index >= 15 is 0 Å². The molecule has 1 heterocycles. The van der Waals surface area contributed by atoms with Crippen molar-refractivity contribution in [2.75, 3.05) is 10.6 Å². The molecule has 0 bridgehead atoms. The van der Waals surface area contributed by atoms with Crippen LogP contribution in [-0.4, -0.2) is 15.5 Å². The van der Waals surface area contributed by atoms with E-state index in [4.69, 9.17) is 0 Å². The summed E-state index contributed by atoms with van der Waals surface area (Å²) < 4.78 is 1.96. The predicted octanol–water partition coefficient (Wildman–Crippen LogP) is 1.99. The molecule has 0 unspecified atom stereocenters. The number of hydrogen-bond acceptors (Lipinski definition) is 3. The molecule has 0 aliphatic heterocycles. The first kappa shape index (κ1) is 12.2. The van der Waals surface area contributed by atoms with Crippen LogP contribution in [0, 0.1) is 0 Å². The monoisotopic (exact) mass is 244 g/mol. The number of rotatable bonds is 4. The Balaban J connectivity index is 2.01. The highest BCUT2D eigenvalue weighted by Crippen LogP contribution is 2.15. The van der Waals surface area contributed by atoms with Crippen LogP contribution in [0.5, 0.6) is 0 Å². The largest absolute Gasteiger partial charge is 0.378 e. The minimum atomic E-state index is -0.0729. The van der Waals surface area contributed by atoms with E-state index < -0.39 is 0 Å². The van der Waals surface area contributed by atoms with Crippen molar-refractivity contribution in [3.05, 3.63) is 42.5 Å². The third-order valence-electron chi connectivity index (χ3n) is 2.55. The van der Waals surface area contributed by atoms with Gasteiger partial charge < -0.3 is 15.2 Å². The number of nitrogens with one attached hydrogen (secondary N) is 2. The lowest BCUT2D eigenvalue weighted by Gasteiger charge is -2.08. The van der Waals surface area contributed by atoms with Crippen molar-refractivity contribution in [1.82, 2.24) is 9.55 Å². The molecule has 0 aliphatic rings. The van der Waals surface area contributed by atoms with E-state index in [-0.39, 0.29) is 5.91 Å². The first-order valence-corrected chi connectivity index (χ1v) is 5.73. The van der Waals surface area contributed by atoms with Crippen molar-refractivity contribution in [2.45, 2.75) is 13.5 Å². The van der Waals surface area contributed by atoms with Crippen molar-refractivity contribution >= 4 is 17.3 Å². The van der Waals surface area contributed by atoms with Gasteiger partial charge in [0.2, 0.25) is 5.91 Å². The van der Waals surface area contributed by atoms with Crippen LogP contribution in [0.4, 0.5) is 11.4 Å². The van der Waals surface area contributed by atoms with E-state index in [1.54, 1.807) is 6.20 Å². The maximum atomic E-state index is 11.0. The molecule has 0 aliphatic carbocycles. The minimum absolute atomic E-state index is 0.0729. The summed E-state index contributed by atoms with van der Waals surface area (Å²) in [5, 5.41) is 6.02. The van der Waals surface area contributed by atoms with Crippen LogP contribution >= 0.6 is 0 Å². The van der Waals surface area contributed by atoms with Crippen molar-refractivity contribution in [3.8, 4) is 0 Å². The summed E-state index contributed by atoms with van der Waals surface area (Å²) >= 11 is 0. The van der Waals surface area contributed by atoms with Crippen molar-refractivity contribution in [2.24, 2.45) is 7.05 Å². The van der Waals surface area contributed by atoms with Crippen molar-refractivity contribution < 1.29 is 4.79 Å². The van der Waals surface area contributed by atoms with E-state index in [2.05, 4.69) is 15.6 Å². The fraction of sp³-hybridized carbons (Fsp3) is 0.231. The number of nitrogens with zero attached hydrogens (tertiary/aromatic N) is 2. The molecule has 0 saturated heterocycles. The molecule has 2 aromatic rings. The van der Waals surface area contributed by atoms with Gasteiger partial charge in [0.25, 0.3) is 0 Å². The highest BCUT2D eigenvalue weighted by molar-refractivity contribution is 5.89. The average Bonchev–Trinajstić information content (AvgIpc) is 2.72. The Morgan fingerprint density at radius 2 is 2.17 bits per heavy atom. The second kappa shape index (κ2) is 5.35. The standard InChI is InChI=1S/C13H16N4O/c1-10(18)16-12-5-3-4-11(8-12)15-9-13-14-6-7-17(13)2/h3-8,15H,9H2,1-2H3,(H,16,18). The molecule has 0 saturated carbocycles. The molecule has 94 valence electrons. The quantitative estimate of drug-likeness (QED) is 0.864. The summed E-state index contributed by atoms with van der Waals surface area (Å²) in [6.45, 7) is 2.14. The molecule has 18 heavy (non-hydrogen) atoms. The van der Waals surface area contributed by atoms with Crippen LogP contribution in [-0.2, 0) is 18.4 Å². The molecule has 5 heteroatoms. The average molecular weight is 244 g/mol. The van der Waals surface area contributed by atoms with Gasteiger partial charge in [-0.25, -0.2) is 4.98 Å². The lowest BCUT2D eigenvalue weighted by atomic mass is 10.2. The van der Waals surface area contributed by atoms with Gasteiger partial charge in [0.05, 0.1) is 6.54 Å². The van der Waals surface area contributed by atoms with E-state index in [0.717, 1.165) is 17.2 Å². The van der Waals surface area contributed by atoms with Crippen LogP contribution < -0.4 is 10.6 Å². The zero-order chi connectivity index (χ0) is 13.0. The van der Waals surface area contributed by atoms with E-state index in [9.17, 15) is 4.79 Å². The van der Waals surface area contributed by atoms with Gasteiger partial charge in [-0.05, 0) is 18.2 Å². The van der Waals surface area contributed by atoms with Crippen LogP contribution in [0.1, 0.15) is 12.7 Å². The van der Waals surface area contributed by atoms with Gasteiger partial charge in [0.15, 0.2) is 0 Å². The molecular formula is C13H16N4O. The lowest BCUT2D eigenvalue weighted by Crippen LogP contribution is -2.08. The summed E-state index contributed by atoms with van der Waals surface area (Å²) in [4.78, 5) is 15.2. The third kappa shape index (κ3) is 3.10. The first-order valence-electron chi connectivity index (χ1n) is 5.73. The number of anilines is 2. The Labute approximate surface area is 106 Å². The summed E-state index contributed by atoms with van der Waals surface area (Å²) in [6, 6.07) is 7.60.